The third kappa shape index (κ3) is 3.42. The number of benzene rings is 1. The Morgan fingerprint density at radius 3 is 2.48 bits per heavy atom. The molecule has 1 aromatic heterocycles. The molecule has 1 aromatic carbocycles. The SMILES string of the molecule is CCOC(=O)c1c(CC)nc(SC)nc1-c1ccccc1. The first-order chi connectivity index (χ1) is 10.2. The van der Waals surface area contributed by atoms with Gasteiger partial charge in [0, 0.05) is 5.56 Å². The van der Waals surface area contributed by atoms with Crippen LogP contribution in [0.15, 0.2) is 35.5 Å². The van der Waals surface area contributed by atoms with E-state index in [4.69, 9.17) is 4.74 Å². The molecule has 2 aromatic rings. The van der Waals surface area contributed by atoms with Gasteiger partial charge in [-0.1, -0.05) is 49.0 Å². The maximum absolute atomic E-state index is 12.3. The van der Waals surface area contributed by atoms with Gasteiger partial charge in [-0.05, 0) is 19.6 Å². The molecule has 0 radical (unpaired) electrons. The quantitative estimate of drug-likeness (QED) is 0.480. The smallest absolute Gasteiger partial charge is 0.342 e. The molecule has 0 saturated carbocycles. The van der Waals surface area contributed by atoms with E-state index >= 15 is 0 Å². The van der Waals surface area contributed by atoms with Crippen molar-refractivity contribution in [1.82, 2.24) is 9.97 Å². The molecule has 0 fully saturated rings. The maximum Gasteiger partial charge on any atom is 0.342 e. The lowest BCUT2D eigenvalue weighted by Gasteiger charge is -2.13. The first-order valence-corrected chi connectivity index (χ1v) is 8.11. The fraction of sp³-hybridized carbons (Fsp3) is 0.312. The summed E-state index contributed by atoms with van der Waals surface area (Å²) >= 11 is 1.47. The minimum Gasteiger partial charge on any atom is -0.462 e. The monoisotopic (exact) mass is 302 g/mol. The summed E-state index contributed by atoms with van der Waals surface area (Å²) in [6.45, 7) is 4.10. The zero-order valence-corrected chi connectivity index (χ0v) is 13.2. The van der Waals surface area contributed by atoms with Crippen LogP contribution >= 0.6 is 11.8 Å². The second-order valence-electron chi connectivity index (χ2n) is 4.32. The lowest BCUT2D eigenvalue weighted by atomic mass is 10.0. The number of aryl methyl sites for hydroxylation is 1. The molecule has 4 nitrogen and oxygen atoms in total. The highest BCUT2D eigenvalue weighted by Crippen LogP contribution is 2.27. The predicted octanol–water partition coefficient (Wildman–Crippen LogP) is 3.60. The van der Waals surface area contributed by atoms with Crippen LogP contribution in [-0.2, 0) is 11.2 Å². The van der Waals surface area contributed by atoms with E-state index in [2.05, 4.69) is 9.97 Å². The number of ether oxygens (including phenoxy) is 1. The summed E-state index contributed by atoms with van der Waals surface area (Å²) in [5, 5.41) is 0.666. The van der Waals surface area contributed by atoms with Crippen molar-refractivity contribution in [2.45, 2.75) is 25.4 Å². The third-order valence-electron chi connectivity index (χ3n) is 3.01. The Bertz CT molecular complexity index is 630. The molecule has 0 N–H and O–H groups in total. The fourth-order valence-corrected chi connectivity index (χ4v) is 2.44. The lowest BCUT2D eigenvalue weighted by molar-refractivity contribution is 0.0524. The Hall–Kier alpha value is -1.88. The van der Waals surface area contributed by atoms with E-state index in [1.807, 2.05) is 43.5 Å². The van der Waals surface area contributed by atoms with Crippen LogP contribution in [0, 0.1) is 0 Å². The first kappa shape index (κ1) is 15.5. The molecule has 0 aliphatic rings. The molecule has 2 rings (SSSR count). The van der Waals surface area contributed by atoms with Crippen LogP contribution in [0.25, 0.3) is 11.3 Å². The van der Waals surface area contributed by atoms with E-state index < -0.39 is 0 Å². The Morgan fingerprint density at radius 1 is 1.19 bits per heavy atom. The summed E-state index contributed by atoms with van der Waals surface area (Å²) in [5.74, 6) is -0.360. The van der Waals surface area contributed by atoms with Crippen molar-refractivity contribution in [2.24, 2.45) is 0 Å². The molecule has 0 aliphatic heterocycles. The number of aromatic nitrogens is 2. The number of esters is 1. The first-order valence-electron chi connectivity index (χ1n) is 6.88. The van der Waals surface area contributed by atoms with Crippen molar-refractivity contribution >= 4 is 17.7 Å². The minimum absolute atomic E-state index is 0.334. The number of nitrogens with zero attached hydrogens (tertiary/aromatic N) is 2. The molecular weight excluding hydrogens is 284 g/mol. The molecule has 5 heteroatoms. The number of rotatable bonds is 5. The molecule has 21 heavy (non-hydrogen) atoms. The Kier molecular flexibility index (Phi) is 5.33. The highest BCUT2D eigenvalue weighted by atomic mass is 32.2. The lowest BCUT2D eigenvalue weighted by Crippen LogP contribution is -2.13. The van der Waals surface area contributed by atoms with Crippen LogP contribution < -0.4 is 0 Å². The number of carbonyl (C=O) groups is 1. The normalized spacial score (nSPS) is 10.4. The van der Waals surface area contributed by atoms with Crippen molar-refractivity contribution in [3.05, 3.63) is 41.6 Å². The maximum atomic E-state index is 12.3. The van der Waals surface area contributed by atoms with Crippen LogP contribution in [0.1, 0.15) is 29.9 Å². The molecule has 0 bridgehead atoms. The van der Waals surface area contributed by atoms with E-state index in [0.29, 0.717) is 29.4 Å². The van der Waals surface area contributed by atoms with Gasteiger partial charge in [-0.2, -0.15) is 0 Å². The largest absolute Gasteiger partial charge is 0.462 e. The van der Waals surface area contributed by atoms with Gasteiger partial charge in [0.2, 0.25) is 0 Å². The molecular formula is C16H18N2O2S. The summed E-state index contributed by atoms with van der Waals surface area (Å²) in [5.41, 5.74) is 2.74. The van der Waals surface area contributed by atoms with Crippen molar-refractivity contribution in [1.29, 1.82) is 0 Å². The average molecular weight is 302 g/mol. The second kappa shape index (κ2) is 7.22. The van der Waals surface area contributed by atoms with Gasteiger partial charge in [0.15, 0.2) is 5.16 Å². The molecule has 0 spiro atoms. The number of carbonyl (C=O) groups excluding carboxylic acids is 1. The Morgan fingerprint density at radius 2 is 1.90 bits per heavy atom. The van der Waals surface area contributed by atoms with Crippen LogP contribution in [0.2, 0.25) is 0 Å². The summed E-state index contributed by atoms with van der Waals surface area (Å²) in [7, 11) is 0. The molecule has 0 amide bonds. The van der Waals surface area contributed by atoms with Crippen LogP contribution in [0.5, 0.6) is 0 Å². The molecule has 0 saturated heterocycles. The van der Waals surface area contributed by atoms with Gasteiger partial charge in [-0.3, -0.25) is 0 Å². The molecule has 110 valence electrons. The van der Waals surface area contributed by atoms with Crippen molar-refractivity contribution < 1.29 is 9.53 Å². The number of hydrogen-bond acceptors (Lipinski definition) is 5. The molecule has 0 atom stereocenters. The van der Waals surface area contributed by atoms with E-state index in [-0.39, 0.29) is 5.97 Å². The van der Waals surface area contributed by atoms with Gasteiger partial charge < -0.3 is 4.74 Å². The van der Waals surface area contributed by atoms with E-state index in [0.717, 1.165) is 11.3 Å². The van der Waals surface area contributed by atoms with Crippen LogP contribution in [0.3, 0.4) is 0 Å². The van der Waals surface area contributed by atoms with E-state index in [1.165, 1.54) is 11.8 Å². The van der Waals surface area contributed by atoms with E-state index in [1.54, 1.807) is 6.92 Å². The summed E-state index contributed by atoms with van der Waals surface area (Å²) in [4.78, 5) is 21.3. The van der Waals surface area contributed by atoms with Crippen molar-refractivity contribution in [2.75, 3.05) is 12.9 Å². The second-order valence-corrected chi connectivity index (χ2v) is 5.09. The van der Waals surface area contributed by atoms with Gasteiger partial charge in [-0.25, -0.2) is 14.8 Å². The van der Waals surface area contributed by atoms with Crippen LogP contribution in [-0.4, -0.2) is 28.8 Å². The third-order valence-corrected chi connectivity index (χ3v) is 3.56. The van der Waals surface area contributed by atoms with Gasteiger partial charge in [0.1, 0.15) is 5.56 Å². The van der Waals surface area contributed by atoms with Crippen molar-refractivity contribution in [3.63, 3.8) is 0 Å². The van der Waals surface area contributed by atoms with Crippen molar-refractivity contribution in [3.8, 4) is 11.3 Å². The molecule has 1 heterocycles. The summed E-state index contributed by atoms with van der Waals surface area (Å²) in [6, 6.07) is 9.67. The number of hydrogen-bond donors (Lipinski definition) is 0. The summed E-state index contributed by atoms with van der Waals surface area (Å²) < 4.78 is 5.18. The van der Waals surface area contributed by atoms with Crippen LogP contribution in [0.4, 0.5) is 0 Å². The minimum atomic E-state index is -0.360. The fourth-order valence-electron chi connectivity index (χ4n) is 2.05. The summed E-state index contributed by atoms with van der Waals surface area (Å²) in [6.07, 6.45) is 2.58. The average Bonchev–Trinajstić information content (AvgIpc) is 2.54. The number of thioether (sulfide) groups is 1. The van der Waals surface area contributed by atoms with Gasteiger partial charge in [-0.15, -0.1) is 0 Å². The Balaban J connectivity index is 2.67. The highest BCUT2D eigenvalue weighted by molar-refractivity contribution is 7.98. The van der Waals surface area contributed by atoms with E-state index in [9.17, 15) is 4.79 Å². The predicted molar refractivity (Wildman–Crippen MR) is 84.6 cm³/mol. The standard InChI is InChI=1S/C16H18N2O2S/c1-4-12-13(15(19)20-5-2)14(18-16(17-12)21-3)11-9-7-6-8-10-11/h6-10H,4-5H2,1-3H3. The molecule has 0 aliphatic carbocycles. The Labute approximate surface area is 129 Å². The zero-order valence-electron chi connectivity index (χ0n) is 12.4. The highest BCUT2D eigenvalue weighted by Gasteiger charge is 2.22. The van der Waals surface area contributed by atoms with Gasteiger partial charge in [0.05, 0.1) is 18.0 Å². The van der Waals surface area contributed by atoms with Gasteiger partial charge in [0.25, 0.3) is 0 Å². The zero-order chi connectivity index (χ0) is 15.2. The van der Waals surface area contributed by atoms with Gasteiger partial charge >= 0.3 is 5.97 Å². The topological polar surface area (TPSA) is 52.1 Å². The molecule has 0 unspecified atom stereocenters.